The average Bonchev–Trinajstić information content (AvgIpc) is 3.31. The van der Waals surface area contributed by atoms with E-state index in [4.69, 9.17) is 4.74 Å². The summed E-state index contributed by atoms with van der Waals surface area (Å²) in [6.45, 7) is 1.08. The van der Waals surface area contributed by atoms with E-state index in [1.807, 2.05) is 12.1 Å². The molecule has 1 saturated heterocycles. The summed E-state index contributed by atoms with van der Waals surface area (Å²) in [6, 6.07) is 6.85. The van der Waals surface area contributed by atoms with E-state index in [9.17, 15) is 4.79 Å². The summed E-state index contributed by atoms with van der Waals surface area (Å²) >= 11 is 0. The smallest absolute Gasteiger partial charge is 0.337 e. The molecule has 20 heavy (non-hydrogen) atoms. The molecule has 0 aromatic heterocycles. The Morgan fingerprint density at radius 2 is 2.15 bits per heavy atom. The molecule has 0 radical (unpaired) electrons. The zero-order valence-electron chi connectivity index (χ0n) is 11.9. The van der Waals surface area contributed by atoms with Crippen LogP contribution in [0.15, 0.2) is 18.2 Å². The molecular weight excluding hydrogens is 252 g/mol. The van der Waals surface area contributed by atoms with Crippen molar-refractivity contribution in [3.05, 3.63) is 29.3 Å². The molecule has 1 aromatic carbocycles. The number of methoxy groups -OCH3 is 1. The lowest BCUT2D eigenvalue weighted by Gasteiger charge is -2.26. The number of carbonyl (C=O) groups excluding carboxylic acids is 1. The molecule has 1 atom stereocenters. The molecular formula is C16H22N2O2. The van der Waals surface area contributed by atoms with Crippen molar-refractivity contribution >= 4 is 11.7 Å². The van der Waals surface area contributed by atoms with Gasteiger partial charge in [-0.05, 0) is 49.9 Å². The van der Waals surface area contributed by atoms with E-state index in [2.05, 4.69) is 16.7 Å². The number of carbonyl (C=O) groups is 1. The van der Waals surface area contributed by atoms with Crippen LogP contribution in [0.3, 0.4) is 0 Å². The van der Waals surface area contributed by atoms with Crippen molar-refractivity contribution in [1.29, 1.82) is 0 Å². The third-order valence-corrected chi connectivity index (χ3v) is 4.10. The summed E-state index contributed by atoms with van der Waals surface area (Å²) in [7, 11) is 1.42. The van der Waals surface area contributed by atoms with Crippen molar-refractivity contribution in [2.45, 2.75) is 44.2 Å². The van der Waals surface area contributed by atoms with Gasteiger partial charge in [0.15, 0.2) is 0 Å². The first-order valence-corrected chi connectivity index (χ1v) is 7.50. The molecule has 0 bridgehead atoms. The molecule has 2 N–H and O–H groups in total. The Kier molecular flexibility index (Phi) is 3.92. The number of nitrogens with one attached hydrogen (secondary N) is 2. The molecule has 0 spiro atoms. The maximum atomic E-state index is 11.7. The fourth-order valence-electron chi connectivity index (χ4n) is 2.79. The lowest BCUT2D eigenvalue weighted by Crippen LogP contribution is -2.27. The number of esters is 1. The van der Waals surface area contributed by atoms with Gasteiger partial charge in [0.25, 0.3) is 0 Å². The van der Waals surface area contributed by atoms with Crippen LogP contribution in [0.5, 0.6) is 0 Å². The van der Waals surface area contributed by atoms with Gasteiger partial charge in [0.2, 0.25) is 0 Å². The minimum absolute atomic E-state index is 0.271. The van der Waals surface area contributed by atoms with Crippen LogP contribution in [-0.2, 0) is 4.74 Å². The van der Waals surface area contributed by atoms with Crippen LogP contribution in [0.1, 0.15) is 54.1 Å². The summed E-state index contributed by atoms with van der Waals surface area (Å²) in [5.41, 5.74) is 2.99. The van der Waals surface area contributed by atoms with Crippen molar-refractivity contribution in [3.8, 4) is 0 Å². The van der Waals surface area contributed by atoms with E-state index < -0.39 is 0 Å². The van der Waals surface area contributed by atoms with Gasteiger partial charge in [-0.2, -0.15) is 0 Å². The zero-order chi connectivity index (χ0) is 13.9. The van der Waals surface area contributed by atoms with Gasteiger partial charge in [0.1, 0.15) is 0 Å². The van der Waals surface area contributed by atoms with E-state index in [0.29, 0.717) is 17.6 Å². The zero-order valence-corrected chi connectivity index (χ0v) is 11.9. The SMILES string of the molecule is COC(=O)c1ccc(C2CCCCN2)c(NC2CC2)c1. The van der Waals surface area contributed by atoms with Gasteiger partial charge in [-0.25, -0.2) is 4.79 Å². The number of hydrogen-bond donors (Lipinski definition) is 2. The Hall–Kier alpha value is -1.55. The molecule has 1 aliphatic heterocycles. The summed E-state index contributed by atoms with van der Waals surface area (Å²) in [4.78, 5) is 11.7. The highest BCUT2D eigenvalue weighted by molar-refractivity contribution is 5.90. The molecule has 108 valence electrons. The summed E-state index contributed by atoms with van der Waals surface area (Å²) < 4.78 is 4.81. The fraction of sp³-hybridized carbons (Fsp3) is 0.562. The second kappa shape index (κ2) is 5.83. The second-order valence-corrected chi connectivity index (χ2v) is 5.71. The molecule has 4 nitrogen and oxygen atoms in total. The minimum atomic E-state index is -0.271. The Labute approximate surface area is 119 Å². The number of anilines is 1. The van der Waals surface area contributed by atoms with Crippen LogP contribution in [0, 0.1) is 0 Å². The van der Waals surface area contributed by atoms with Crippen LogP contribution in [0.25, 0.3) is 0 Å². The molecule has 4 heteroatoms. The van der Waals surface area contributed by atoms with E-state index in [1.165, 1.54) is 38.4 Å². The highest BCUT2D eigenvalue weighted by Crippen LogP contribution is 2.33. The monoisotopic (exact) mass is 274 g/mol. The number of rotatable bonds is 4. The normalized spacial score (nSPS) is 22.4. The van der Waals surface area contributed by atoms with E-state index in [-0.39, 0.29) is 5.97 Å². The molecule has 2 fully saturated rings. The summed E-state index contributed by atoms with van der Waals surface area (Å²) in [6.07, 6.45) is 6.12. The summed E-state index contributed by atoms with van der Waals surface area (Å²) in [5, 5.41) is 7.13. The van der Waals surface area contributed by atoms with Gasteiger partial charge in [0.05, 0.1) is 12.7 Å². The first-order chi connectivity index (χ1) is 9.78. The van der Waals surface area contributed by atoms with Gasteiger partial charge in [-0.3, -0.25) is 0 Å². The molecule has 1 aromatic rings. The van der Waals surface area contributed by atoms with Crippen molar-refractivity contribution < 1.29 is 9.53 Å². The molecule has 0 amide bonds. The number of piperidine rings is 1. The van der Waals surface area contributed by atoms with Crippen LogP contribution in [0.2, 0.25) is 0 Å². The van der Waals surface area contributed by atoms with Gasteiger partial charge in [0, 0.05) is 17.8 Å². The number of benzene rings is 1. The Balaban J connectivity index is 1.88. The molecule has 1 aliphatic carbocycles. The summed E-state index contributed by atoms with van der Waals surface area (Å²) in [5.74, 6) is -0.271. The minimum Gasteiger partial charge on any atom is -0.465 e. The molecule has 3 rings (SSSR count). The predicted molar refractivity (Wildman–Crippen MR) is 79.0 cm³/mol. The Morgan fingerprint density at radius 1 is 1.30 bits per heavy atom. The Morgan fingerprint density at radius 3 is 2.80 bits per heavy atom. The highest BCUT2D eigenvalue weighted by atomic mass is 16.5. The van der Waals surface area contributed by atoms with Gasteiger partial charge >= 0.3 is 5.97 Å². The standard InChI is InChI=1S/C16H22N2O2/c1-20-16(19)11-5-8-13(14-4-2-3-9-17-14)15(10-11)18-12-6-7-12/h5,8,10,12,14,17-18H,2-4,6-7,9H2,1H3. The van der Waals surface area contributed by atoms with Gasteiger partial charge in [-0.15, -0.1) is 0 Å². The predicted octanol–water partition coefficient (Wildman–Crippen LogP) is 2.86. The van der Waals surface area contributed by atoms with Crippen molar-refractivity contribution in [2.24, 2.45) is 0 Å². The molecule has 1 saturated carbocycles. The lowest BCUT2D eigenvalue weighted by atomic mass is 9.95. The van der Waals surface area contributed by atoms with Crippen molar-refractivity contribution in [2.75, 3.05) is 19.0 Å². The maximum Gasteiger partial charge on any atom is 0.337 e. The molecule has 1 heterocycles. The van der Waals surface area contributed by atoms with Crippen LogP contribution in [0.4, 0.5) is 5.69 Å². The average molecular weight is 274 g/mol. The highest BCUT2D eigenvalue weighted by Gasteiger charge is 2.25. The van der Waals surface area contributed by atoms with Crippen LogP contribution < -0.4 is 10.6 Å². The maximum absolute atomic E-state index is 11.7. The van der Waals surface area contributed by atoms with Gasteiger partial charge in [-0.1, -0.05) is 12.5 Å². The fourth-order valence-corrected chi connectivity index (χ4v) is 2.79. The van der Waals surface area contributed by atoms with Gasteiger partial charge < -0.3 is 15.4 Å². The van der Waals surface area contributed by atoms with E-state index >= 15 is 0 Å². The third-order valence-electron chi connectivity index (χ3n) is 4.10. The lowest BCUT2D eigenvalue weighted by molar-refractivity contribution is 0.0600. The second-order valence-electron chi connectivity index (χ2n) is 5.71. The number of ether oxygens (including phenoxy) is 1. The topological polar surface area (TPSA) is 50.4 Å². The molecule has 1 unspecified atom stereocenters. The van der Waals surface area contributed by atoms with Crippen molar-refractivity contribution in [1.82, 2.24) is 5.32 Å². The van der Waals surface area contributed by atoms with E-state index in [0.717, 1.165) is 18.7 Å². The Bertz CT molecular complexity index is 491. The number of hydrogen-bond acceptors (Lipinski definition) is 4. The van der Waals surface area contributed by atoms with E-state index in [1.54, 1.807) is 0 Å². The van der Waals surface area contributed by atoms with Crippen LogP contribution in [-0.4, -0.2) is 25.7 Å². The molecule has 2 aliphatic rings. The first kappa shape index (κ1) is 13.4. The van der Waals surface area contributed by atoms with Crippen LogP contribution >= 0.6 is 0 Å². The van der Waals surface area contributed by atoms with Crippen molar-refractivity contribution in [3.63, 3.8) is 0 Å². The third kappa shape index (κ3) is 2.96. The quantitative estimate of drug-likeness (QED) is 0.829. The largest absolute Gasteiger partial charge is 0.465 e. The first-order valence-electron chi connectivity index (χ1n) is 7.50.